The number of hydrogen-bond acceptors (Lipinski definition) is 4. The number of likely N-dealkylation sites (N-methyl/N-ethyl adjacent to an activating group) is 1. The summed E-state index contributed by atoms with van der Waals surface area (Å²) in [6.07, 6.45) is 0. The maximum atomic E-state index is 12.1. The number of carbonyl (C=O) groups excluding carboxylic acids is 1. The van der Waals surface area contributed by atoms with E-state index in [4.69, 9.17) is 9.47 Å². The van der Waals surface area contributed by atoms with Gasteiger partial charge in [0.15, 0.2) is 0 Å². The first-order chi connectivity index (χ1) is 9.72. The van der Waals surface area contributed by atoms with E-state index in [1.54, 1.807) is 21.1 Å². The minimum Gasteiger partial charge on any atom is -0.496 e. The second kappa shape index (κ2) is 6.39. The van der Waals surface area contributed by atoms with Gasteiger partial charge in [-0.15, -0.1) is 0 Å². The van der Waals surface area contributed by atoms with Crippen LogP contribution in [0.3, 0.4) is 0 Å². The quantitative estimate of drug-likeness (QED) is 0.851. The van der Waals surface area contributed by atoms with E-state index in [0.29, 0.717) is 12.4 Å². The lowest BCUT2D eigenvalue weighted by molar-refractivity contribution is -0.145. The molecule has 106 valence electrons. The Morgan fingerprint density at radius 2 is 2.00 bits per heavy atom. The highest BCUT2D eigenvalue weighted by molar-refractivity contribution is 5.93. The first-order valence-electron chi connectivity index (χ1n) is 6.62. The second-order valence-electron chi connectivity index (χ2n) is 4.38. The lowest BCUT2D eigenvalue weighted by Gasteiger charge is -2.20. The molecule has 0 aliphatic rings. The van der Waals surface area contributed by atoms with E-state index >= 15 is 0 Å². The molecule has 0 amide bonds. The molecule has 0 heterocycles. The third-order valence-corrected chi connectivity index (χ3v) is 3.25. The van der Waals surface area contributed by atoms with Gasteiger partial charge in [0.1, 0.15) is 11.8 Å². The van der Waals surface area contributed by atoms with Gasteiger partial charge in [0.2, 0.25) is 0 Å². The Labute approximate surface area is 118 Å². The highest BCUT2D eigenvalue weighted by Crippen LogP contribution is 2.33. The molecule has 2 aromatic rings. The van der Waals surface area contributed by atoms with Crippen molar-refractivity contribution >= 4 is 16.7 Å². The van der Waals surface area contributed by atoms with E-state index in [9.17, 15) is 4.79 Å². The van der Waals surface area contributed by atoms with E-state index < -0.39 is 6.04 Å². The number of hydrogen-bond donors (Lipinski definition) is 1. The SMILES string of the molecule is CCOC(=O)C(NC)c1c(OC)ccc2ccccc12. The van der Waals surface area contributed by atoms with Gasteiger partial charge in [-0.2, -0.15) is 0 Å². The fraction of sp³-hybridized carbons (Fsp3) is 0.312. The zero-order valence-corrected chi connectivity index (χ0v) is 12.0. The Bertz CT molecular complexity index is 610. The molecule has 0 fully saturated rings. The van der Waals surface area contributed by atoms with Gasteiger partial charge < -0.3 is 14.8 Å². The summed E-state index contributed by atoms with van der Waals surface area (Å²) in [5.41, 5.74) is 0.812. The van der Waals surface area contributed by atoms with E-state index in [1.165, 1.54) is 0 Å². The summed E-state index contributed by atoms with van der Waals surface area (Å²) in [4.78, 5) is 12.1. The molecule has 0 aliphatic carbocycles. The van der Waals surface area contributed by atoms with Crippen LogP contribution in [0.5, 0.6) is 5.75 Å². The molecule has 0 aliphatic heterocycles. The summed E-state index contributed by atoms with van der Waals surface area (Å²) in [5, 5.41) is 5.06. The smallest absolute Gasteiger partial charge is 0.327 e. The Kier molecular flexibility index (Phi) is 4.58. The molecule has 4 heteroatoms. The van der Waals surface area contributed by atoms with Crippen LogP contribution in [0.2, 0.25) is 0 Å². The molecule has 20 heavy (non-hydrogen) atoms. The van der Waals surface area contributed by atoms with Crippen molar-refractivity contribution in [2.45, 2.75) is 13.0 Å². The Morgan fingerprint density at radius 1 is 1.25 bits per heavy atom. The largest absolute Gasteiger partial charge is 0.496 e. The number of fused-ring (bicyclic) bond motifs is 1. The van der Waals surface area contributed by atoms with Crippen LogP contribution in [0.15, 0.2) is 36.4 Å². The van der Waals surface area contributed by atoms with Gasteiger partial charge in [0, 0.05) is 5.56 Å². The summed E-state index contributed by atoms with van der Waals surface area (Å²) in [7, 11) is 3.34. The topological polar surface area (TPSA) is 47.6 Å². The molecule has 0 bridgehead atoms. The average Bonchev–Trinajstić information content (AvgIpc) is 2.48. The maximum Gasteiger partial charge on any atom is 0.327 e. The van der Waals surface area contributed by atoms with Crippen molar-refractivity contribution in [2.24, 2.45) is 0 Å². The monoisotopic (exact) mass is 273 g/mol. The van der Waals surface area contributed by atoms with Gasteiger partial charge in [-0.25, -0.2) is 4.79 Å². The zero-order valence-electron chi connectivity index (χ0n) is 12.0. The summed E-state index contributed by atoms with van der Waals surface area (Å²) in [6.45, 7) is 2.15. The molecule has 0 radical (unpaired) electrons. The highest BCUT2D eigenvalue weighted by Gasteiger charge is 2.25. The van der Waals surface area contributed by atoms with Gasteiger partial charge in [0.25, 0.3) is 0 Å². The molecular weight excluding hydrogens is 254 g/mol. The number of carbonyl (C=O) groups is 1. The molecule has 0 aromatic heterocycles. The molecule has 1 atom stereocenters. The fourth-order valence-electron chi connectivity index (χ4n) is 2.36. The van der Waals surface area contributed by atoms with Crippen molar-refractivity contribution in [1.29, 1.82) is 0 Å². The van der Waals surface area contributed by atoms with Gasteiger partial charge in [0.05, 0.1) is 13.7 Å². The molecule has 2 aromatic carbocycles. The average molecular weight is 273 g/mol. The van der Waals surface area contributed by atoms with Crippen LogP contribution in [0.25, 0.3) is 10.8 Å². The highest BCUT2D eigenvalue weighted by atomic mass is 16.5. The van der Waals surface area contributed by atoms with Crippen molar-refractivity contribution in [3.8, 4) is 5.75 Å². The van der Waals surface area contributed by atoms with Crippen molar-refractivity contribution in [1.82, 2.24) is 5.32 Å². The molecule has 4 nitrogen and oxygen atoms in total. The number of rotatable bonds is 5. The first-order valence-corrected chi connectivity index (χ1v) is 6.62. The predicted octanol–water partition coefficient (Wildman–Crippen LogP) is 2.67. The maximum absolute atomic E-state index is 12.1. The summed E-state index contributed by atoms with van der Waals surface area (Å²) >= 11 is 0. The minimum atomic E-state index is -0.545. The molecule has 0 spiro atoms. The lowest BCUT2D eigenvalue weighted by atomic mass is 9.97. The minimum absolute atomic E-state index is 0.301. The summed E-state index contributed by atoms with van der Waals surface area (Å²) < 4.78 is 10.6. The molecule has 0 saturated carbocycles. The number of benzene rings is 2. The van der Waals surface area contributed by atoms with E-state index in [2.05, 4.69) is 5.32 Å². The van der Waals surface area contributed by atoms with Crippen LogP contribution in [0.1, 0.15) is 18.5 Å². The van der Waals surface area contributed by atoms with Crippen molar-refractivity contribution in [3.63, 3.8) is 0 Å². The second-order valence-corrected chi connectivity index (χ2v) is 4.38. The van der Waals surface area contributed by atoms with Gasteiger partial charge in [-0.05, 0) is 30.8 Å². The van der Waals surface area contributed by atoms with Gasteiger partial charge >= 0.3 is 5.97 Å². The van der Waals surface area contributed by atoms with Crippen molar-refractivity contribution in [3.05, 3.63) is 42.0 Å². The summed E-state index contributed by atoms with van der Waals surface area (Å²) in [6, 6.07) is 11.2. The molecular formula is C16H19NO3. The number of methoxy groups -OCH3 is 1. The van der Waals surface area contributed by atoms with Gasteiger partial charge in [-0.3, -0.25) is 0 Å². The molecule has 1 unspecified atom stereocenters. The van der Waals surface area contributed by atoms with Crippen LogP contribution >= 0.6 is 0 Å². The Hall–Kier alpha value is -2.07. The fourth-order valence-corrected chi connectivity index (χ4v) is 2.36. The van der Waals surface area contributed by atoms with Gasteiger partial charge in [-0.1, -0.05) is 30.3 Å². The zero-order chi connectivity index (χ0) is 14.5. The molecule has 2 rings (SSSR count). The van der Waals surface area contributed by atoms with Crippen molar-refractivity contribution in [2.75, 3.05) is 20.8 Å². The molecule has 0 saturated heterocycles. The lowest BCUT2D eigenvalue weighted by Crippen LogP contribution is -2.28. The number of nitrogens with one attached hydrogen (secondary N) is 1. The standard InChI is InChI=1S/C16H19NO3/c1-4-20-16(18)15(17-2)14-12-8-6-5-7-11(12)9-10-13(14)19-3/h5-10,15,17H,4H2,1-3H3. The van der Waals surface area contributed by atoms with E-state index in [1.807, 2.05) is 36.4 Å². The van der Waals surface area contributed by atoms with Crippen LogP contribution in [-0.4, -0.2) is 26.7 Å². The number of ether oxygens (including phenoxy) is 2. The Balaban J connectivity index is 2.62. The normalized spacial score (nSPS) is 12.2. The predicted molar refractivity (Wildman–Crippen MR) is 78.9 cm³/mol. The van der Waals surface area contributed by atoms with Crippen LogP contribution in [0, 0.1) is 0 Å². The summed E-state index contributed by atoms with van der Waals surface area (Å²) in [5.74, 6) is 0.376. The van der Waals surface area contributed by atoms with E-state index in [-0.39, 0.29) is 5.97 Å². The van der Waals surface area contributed by atoms with Crippen LogP contribution < -0.4 is 10.1 Å². The third-order valence-electron chi connectivity index (χ3n) is 3.25. The third kappa shape index (κ3) is 2.60. The molecule has 1 N–H and O–H groups in total. The van der Waals surface area contributed by atoms with Crippen LogP contribution in [-0.2, 0) is 9.53 Å². The van der Waals surface area contributed by atoms with E-state index in [0.717, 1.165) is 16.3 Å². The first kappa shape index (κ1) is 14.3. The Morgan fingerprint density at radius 3 is 2.65 bits per heavy atom. The van der Waals surface area contributed by atoms with Crippen LogP contribution in [0.4, 0.5) is 0 Å². The number of esters is 1. The van der Waals surface area contributed by atoms with Crippen molar-refractivity contribution < 1.29 is 14.3 Å².